The summed E-state index contributed by atoms with van der Waals surface area (Å²) in [7, 11) is 0. The maximum atomic E-state index is 10.4. The second kappa shape index (κ2) is 7.65. The Bertz CT molecular complexity index is 843. The van der Waals surface area contributed by atoms with Crippen molar-refractivity contribution < 1.29 is 9.84 Å². The largest absolute Gasteiger partial charge is 0.488 e. The zero-order valence-corrected chi connectivity index (χ0v) is 14.9. The van der Waals surface area contributed by atoms with Gasteiger partial charge in [0.2, 0.25) is 0 Å². The van der Waals surface area contributed by atoms with E-state index in [0.29, 0.717) is 13.0 Å². The Morgan fingerprint density at radius 1 is 1.04 bits per heavy atom. The van der Waals surface area contributed by atoms with Gasteiger partial charge in [0, 0.05) is 9.86 Å². The first-order valence-electron chi connectivity index (χ1n) is 7.87. The monoisotopic (exact) mass is 382 g/mol. The van der Waals surface area contributed by atoms with E-state index >= 15 is 0 Å². The molecule has 2 nitrogen and oxygen atoms in total. The molecule has 0 saturated carbocycles. The summed E-state index contributed by atoms with van der Waals surface area (Å²) in [5, 5.41) is 12.5. The number of fused-ring (bicyclic) bond motifs is 1. The lowest BCUT2D eigenvalue weighted by Crippen LogP contribution is -2.01. The first kappa shape index (κ1) is 16.7. The quantitative estimate of drug-likeness (QED) is 0.546. The molecule has 3 aromatic rings. The van der Waals surface area contributed by atoms with Crippen molar-refractivity contribution in [2.45, 2.75) is 19.1 Å². The Kier molecular flexibility index (Phi) is 5.34. The van der Waals surface area contributed by atoms with Gasteiger partial charge in [-0.1, -0.05) is 60.7 Å². The number of halogens is 1. The van der Waals surface area contributed by atoms with E-state index in [-0.39, 0.29) is 0 Å². The number of aliphatic hydroxyl groups is 1. The third-order valence-electron chi connectivity index (χ3n) is 3.96. The Balaban J connectivity index is 2.02. The molecule has 24 heavy (non-hydrogen) atoms. The highest BCUT2D eigenvalue weighted by Gasteiger charge is 2.16. The van der Waals surface area contributed by atoms with Crippen LogP contribution in [0.4, 0.5) is 0 Å². The molecule has 0 saturated heterocycles. The lowest BCUT2D eigenvalue weighted by atomic mass is 10.0. The van der Waals surface area contributed by atoms with Gasteiger partial charge in [0.1, 0.15) is 12.4 Å². The minimum absolute atomic E-state index is 0.490. The van der Waals surface area contributed by atoms with Crippen LogP contribution in [0.15, 0.2) is 77.8 Å². The molecule has 0 unspecified atom stereocenters. The van der Waals surface area contributed by atoms with Gasteiger partial charge in [0.25, 0.3) is 0 Å². The van der Waals surface area contributed by atoms with E-state index in [9.17, 15) is 5.11 Å². The highest BCUT2D eigenvalue weighted by molar-refractivity contribution is 9.10. The van der Waals surface area contributed by atoms with Crippen molar-refractivity contribution in [1.29, 1.82) is 0 Å². The van der Waals surface area contributed by atoms with Crippen molar-refractivity contribution in [3.63, 3.8) is 0 Å². The van der Waals surface area contributed by atoms with Gasteiger partial charge in [-0.25, -0.2) is 0 Å². The molecule has 0 spiro atoms. The first-order chi connectivity index (χ1) is 11.7. The van der Waals surface area contributed by atoms with Crippen LogP contribution in [0.1, 0.15) is 23.7 Å². The normalized spacial score (nSPS) is 12.1. The van der Waals surface area contributed by atoms with Crippen LogP contribution in [0.2, 0.25) is 0 Å². The van der Waals surface area contributed by atoms with Gasteiger partial charge in [-0.05, 0) is 44.9 Å². The fourth-order valence-corrected chi connectivity index (χ4v) is 3.43. The fourth-order valence-electron chi connectivity index (χ4n) is 2.71. The highest BCUT2D eigenvalue weighted by atomic mass is 79.9. The van der Waals surface area contributed by atoms with Gasteiger partial charge in [-0.15, -0.1) is 6.58 Å². The van der Waals surface area contributed by atoms with E-state index in [4.69, 9.17) is 4.74 Å². The van der Waals surface area contributed by atoms with Crippen LogP contribution in [0.5, 0.6) is 5.75 Å². The molecule has 0 heterocycles. The number of ether oxygens (including phenoxy) is 1. The zero-order valence-electron chi connectivity index (χ0n) is 13.3. The van der Waals surface area contributed by atoms with Gasteiger partial charge < -0.3 is 9.84 Å². The minimum Gasteiger partial charge on any atom is -0.488 e. The summed E-state index contributed by atoms with van der Waals surface area (Å²) in [6.07, 6.45) is 1.60. The van der Waals surface area contributed by atoms with Crippen LogP contribution < -0.4 is 4.74 Å². The molecule has 0 aromatic heterocycles. The van der Waals surface area contributed by atoms with Gasteiger partial charge in [0.15, 0.2) is 0 Å². The number of rotatable bonds is 6. The number of hydrogen-bond acceptors (Lipinski definition) is 2. The maximum absolute atomic E-state index is 10.4. The van der Waals surface area contributed by atoms with Gasteiger partial charge >= 0.3 is 0 Å². The summed E-state index contributed by atoms with van der Waals surface area (Å²) in [6, 6.07) is 20.0. The molecule has 0 aliphatic carbocycles. The summed E-state index contributed by atoms with van der Waals surface area (Å²) in [4.78, 5) is 0. The SMILES string of the molecule is C=CC[C@H](O)c1cc(OCc2ccccc2)c2ccccc2c1Br. The molecule has 3 aromatic carbocycles. The smallest absolute Gasteiger partial charge is 0.128 e. The predicted octanol–water partition coefficient (Wildman–Crippen LogP) is 5.79. The van der Waals surface area contributed by atoms with Crippen LogP contribution >= 0.6 is 15.9 Å². The Labute approximate surface area is 150 Å². The molecule has 0 fully saturated rings. The van der Waals surface area contributed by atoms with E-state index in [0.717, 1.165) is 32.1 Å². The highest BCUT2D eigenvalue weighted by Crippen LogP contribution is 2.38. The van der Waals surface area contributed by atoms with Crippen LogP contribution in [-0.2, 0) is 6.61 Å². The predicted molar refractivity (Wildman–Crippen MR) is 102 cm³/mol. The molecule has 0 amide bonds. The molecule has 1 atom stereocenters. The van der Waals surface area contributed by atoms with Crippen LogP contribution in [0.25, 0.3) is 10.8 Å². The number of aliphatic hydroxyl groups excluding tert-OH is 1. The summed E-state index contributed by atoms with van der Waals surface area (Å²) in [5.74, 6) is 0.774. The molecule has 0 aliphatic rings. The molecule has 0 bridgehead atoms. The van der Waals surface area contributed by atoms with Gasteiger partial charge in [0.05, 0.1) is 6.10 Å². The second-order valence-electron chi connectivity index (χ2n) is 5.64. The average Bonchev–Trinajstić information content (AvgIpc) is 2.62. The van der Waals surface area contributed by atoms with Gasteiger partial charge in [-0.2, -0.15) is 0 Å². The van der Waals surface area contributed by atoms with E-state index < -0.39 is 6.10 Å². The van der Waals surface area contributed by atoms with Crippen molar-refractivity contribution in [3.8, 4) is 5.75 Å². The average molecular weight is 383 g/mol. The third-order valence-corrected chi connectivity index (χ3v) is 4.84. The van der Waals surface area contributed by atoms with Crippen LogP contribution in [-0.4, -0.2) is 5.11 Å². The zero-order chi connectivity index (χ0) is 16.9. The fraction of sp³-hybridized carbons (Fsp3) is 0.143. The minimum atomic E-state index is -0.611. The molecule has 1 N–H and O–H groups in total. The Morgan fingerprint density at radius 3 is 2.42 bits per heavy atom. The Morgan fingerprint density at radius 2 is 1.71 bits per heavy atom. The molecule has 0 aliphatic heterocycles. The summed E-state index contributed by atoms with van der Waals surface area (Å²) >= 11 is 3.63. The van der Waals surface area contributed by atoms with Crippen molar-refractivity contribution >= 4 is 26.7 Å². The van der Waals surface area contributed by atoms with Crippen LogP contribution in [0, 0.1) is 0 Å². The van der Waals surface area contributed by atoms with Gasteiger partial charge in [-0.3, -0.25) is 0 Å². The molecule has 0 radical (unpaired) electrons. The second-order valence-corrected chi connectivity index (χ2v) is 6.43. The van der Waals surface area contributed by atoms with E-state index in [1.54, 1.807) is 6.08 Å². The number of benzene rings is 3. The van der Waals surface area contributed by atoms with E-state index in [1.807, 2.05) is 60.7 Å². The summed E-state index contributed by atoms with van der Waals surface area (Å²) < 4.78 is 6.97. The summed E-state index contributed by atoms with van der Waals surface area (Å²) in [6.45, 7) is 4.20. The van der Waals surface area contributed by atoms with Crippen molar-refractivity contribution in [2.24, 2.45) is 0 Å². The van der Waals surface area contributed by atoms with Crippen molar-refractivity contribution in [2.75, 3.05) is 0 Å². The van der Waals surface area contributed by atoms with E-state index in [2.05, 4.69) is 22.5 Å². The van der Waals surface area contributed by atoms with Crippen molar-refractivity contribution in [1.82, 2.24) is 0 Å². The molecule has 122 valence electrons. The first-order valence-corrected chi connectivity index (χ1v) is 8.67. The molecular weight excluding hydrogens is 364 g/mol. The van der Waals surface area contributed by atoms with Crippen molar-refractivity contribution in [3.05, 3.63) is 88.9 Å². The lowest BCUT2D eigenvalue weighted by Gasteiger charge is -2.17. The molecule has 3 rings (SSSR count). The standard InChI is InChI=1S/C21H19BrO2/c1-2-8-19(23)18-13-20(24-14-15-9-4-3-5-10-15)16-11-6-7-12-17(16)21(18)22/h2-7,9-13,19,23H,1,8,14H2/t19-/m0/s1. The number of hydrogen-bond donors (Lipinski definition) is 1. The topological polar surface area (TPSA) is 29.5 Å². The lowest BCUT2D eigenvalue weighted by molar-refractivity contribution is 0.180. The molecular formula is C21H19BrO2. The van der Waals surface area contributed by atoms with E-state index in [1.165, 1.54) is 0 Å². The maximum Gasteiger partial charge on any atom is 0.128 e. The Hall–Kier alpha value is -2.10. The van der Waals surface area contributed by atoms with Crippen LogP contribution in [0.3, 0.4) is 0 Å². The third kappa shape index (κ3) is 3.53. The summed E-state index contributed by atoms with van der Waals surface area (Å²) in [5.41, 5.74) is 1.93. The molecule has 3 heteroatoms.